The number of urea groups is 1. The zero-order valence-corrected chi connectivity index (χ0v) is 13.0. The van der Waals surface area contributed by atoms with Crippen LogP contribution in [0.5, 0.6) is 0 Å². The number of H-pyrrole nitrogens is 1. The van der Waals surface area contributed by atoms with Gasteiger partial charge < -0.3 is 21.8 Å². The third-order valence-electron chi connectivity index (χ3n) is 3.59. The number of nitrogens with two attached hydrogens (primary N) is 2. The van der Waals surface area contributed by atoms with E-state index in [9.17, 15) is 14.4 Å². The van der Waals surface area contributed by atoms with Gasteiger partial charge in [0.15, 0.2) is 0 Å². The van der Waals surface area contributed by atoms with Crippen molar-refractivity contribution in [2.45, 2.75) is 0 Å². The molecule has 7 N–H and O–H groups in total. The third-order valence-corrected chi connectivity index (χ3v) is 3.59. The fourth-order valence-electron chi connectivity index (χ4n) is 2.54. The Bertz CT molecular complexity index is 979. The molecule has 25 heavy (non-hydrogen) atoms. The van der Waals surface area contributed by atoms with E-state index in [2.05, 4.69) is 15.6 Å². The number of hydrogen-bond donors (Lipinski definition) is 5. The summed E-state index contributed by atoms with van der Waals surface area (Å²) < 4.78 is 0. The lowest BCUT2D eigenvalue weighted by atomic mass is 10.1. The monoisotopic (exact) mass is 337 g/mol. The number of rotatable bonds is 4. The Hall–Kier alpha value is -3.81. The van der Waals surface area contributed by atoms with Gasteiger partial charge in [0.2, 0.25) is 0 Å². The molecule has 0 aliphatic heterocycles. The van der Waals surface area contributed by atoms with Crippen LogP contribution in [0.15, 0.2) is 48.5 Å². The van der Waals surface area contributed by atoms with Crippen LogP contribution in [-0.4, -0.2) is 22.8 Å². The van der Waals surface area contributed by atoms with Crippen LogP contribution in [0.2, 0.25) is 0 Å². The van der Waals surface area contributed by atoms with E-state index in [4.69, 9.17) is 11.5 Å². The van der Waals surface area contributed by atoms with E-state index < -0.39 is 11.9 Å². The van der Waals surface area contributed by atoms with Gasteiger partial charge in [0.25, 0.3) is 11.8 Å². The van der Waals surface area contributed by atoms with Crippen molar-refractivity contribution in [1.82, 2.24) is 4.98 Å². The number of primary amides is 2. The van der Waals surface area contributed by atoms with Crippen molar-refractivity contribution in [1.29, 1.82) is 0 Å². The van der Waals surface area contributed by atoms with Crippen LogP contribution in [0.4, 0.5) is 16.3 Å². The highest BCUT2D eigenvalue weighted by molar-refractivity contribution is 6.14. The number of nitrogens with one attached hydrogen (secondary N) is 3. The summed E-state index contributed by atoms with van der Waals surface area (Å²) >= 11 is 0. The second-order valence-corrected chi connectivity index (χ2v) is 5.31. The lowest BCUT2D eigenvalue weighted by molar-refractivity contribution is 0.0999. The van der Waals surface area contributed by atoms with Crippen LogP contribution >= 0.6 is 0 Å². The van der Waals surface area contributed by atoms with Crippen molar-refractivity contribution in [2.24, 2.45) is 11.5 Å². The summed E-state index contributed by atoms with van der Waals surface area (Å²) in [5.74, 6) is -0.866. The van der Waals surface area contributed by atoms with Crippen molar-refractivity contribution in [3.05, 3.63) is 59.7 Å². The van der Waals surface area contributed by atoms with E-state index in [1.165, 1.54) is 0 Å². The van der Waals surface area contributed by atoms with Crippen molar-refractivity contribution in [3.63, 3.8) is 0 Å². The number of aromatic nitrogens is 1. The average molecular weight is 337 g/mol. The molecule has 8 nitrogen and oxygen atoms in total. The van der Waals surface area contributed by atoms with Crippen LogP contribution in [0.1, 0.15) is 20.7 Å². The maximum absolute atomic E-state index is 12.2. The van der Waals surface area contributed by atoms with E-state index in [1.54, 1.807) is 42.5 Å². The quantitative estimate of drug-likeness (QED) is 0.497. The molecule has 0 saturated carbocycles. The number of amides is 4. The maximum atomic E-state index is 12.2. The van der Waals surface area contributed by atoms with E-state index in [0.29, 0.717) is 22.2 Å². The number of carbonyl (C=O) groups excluding carboxylic acids is 3. The van der Waals surface area contributed by atoms with Gasteiger partial charge in [0, 0.05) is 22.2 Å². The molecule has 0 aliphatic rings. The number of benzene rings is 2. The molecule has 3 aromatic rings. The smallest absolute Gasteiger partial charge is 0.317 e. The highest BCUT2D eigenvalue weighted by Crippen LogP contribution is 2.28. The number of anilines is 2. The molecule has 1 aromatic heterocycles. The molecule has 0 fully saturated rings. The molecule has 1 heterocycles. The van der Waals surface area contributed by atoms with Crippen LogP contribution in [0, 0.1) is 0 Å². The van der Waals surface area contributed by atoms with Gasteiger partial charge in [-0.2, -0.15) is 0 Å². The van der Waals surface area contributed by atoms with Gasteiger partial charge in [-0.05, 0) is 30.3 Å². The topological polar surface area (TPSA) is 143 Å². The maximum Gasteiger partial charge on any atom is 0.317 e. The molecule has 2 aromatic carbocycles. The summed E-state index contributed by atoms with van der Waals surface area (Å²) in [7, 11) is 0. The molecule has 3 rings (SSSR count). The standard InChI is InChI=1S/C17H15N5O3/c18-14(23)13-11-7-6-10(8-12(11)21-15(13)22-17(19)25)20-16(24)9-4-2-1-3-5-9/h1-8,21H,(H2,18,23)(H,20,24)(H3,19,22,25). The fourth-order valence-corrected chi connectivity index (χ4v) is 2.54. The molecular formula is C17H15N5O3. The second kappa shape index (κ2) is 6.36. The fraction of sp³-hybridized carbons (Fsp3) is 0. The molecule has 0 bridgehead atoms. The predicted molar refractivity (Wildman–Crippen MR) is 94.4 cm³/mol. The van der Waals surface area contributed by atoms with Crippen LogP contribution < -0.4 is 22.1 Å². The molecule has 8 heteroatoms. The first-order chi connectivity index (χ1) is 12.0. The summed E-state index contributed by atoms with van der Waals surface area (Å²) in [5.41, 5.74) is 12.1. The van der Waals surface area contributed by atoms with Gasteiger partial charge in [-0.25, -0.2) is 4.79 Å². The Morgan fingerprint density at radius 3 is 2.28 bits per heavy atom. The largest absolute Gasteiger partial charge is 0.365 e. The van der Waals surface area contributed by atoms with Gasteiger partial charge >= 0.3 is 6.03 Å². The van der Waals surface area contributed by atoms with E-state index >= 15 is 0 Å². The molecule has 0 atom stereocenters. The van der Waals surface area contributed by atoms with Crippen molar-refractivity contribution in [2.75, 3.05) is 10.6 Å². The van der Waals surface area contributed by atoms with Gasteiger partial charge in [0.1, 0.15) is 5.82 Å². The van der Waals surface area contributed by atoms with Crippen LogP contribution in [0.3, 0.4) is 0 Å². The van der Waals surface area contributed by atoms with Crippen molar-refractivity contribution in [3.8, 4) is 0 Å². The summed E-state index contributed by atoms with van der Waals surface area (Å²) in [6.07, 6.45) is 0. The number of hydrogen-bond acceptors (Lipinski definition) is 3. The van der Waals surface area contributed by atoms with E-state index in [1.807, 2.05) is 6.07 Å². The lowest BCUT2D eigenvalue weighted by Gasteiger charge is -2.05. The molecule has 0 saturated heterocycles. The number of aromatic amines is 1. The zero-order chi connectivity index (χ0) is 18.0. The Balaban J connectivity index is 1.96. The molecule has 0 spiro atoms. The SMILES string of the molecule is NC(=O)Nc1[nH]c2cc(NC(=O)c3ccccc3)ccc2c1C(N)=O. The second-order valence-electron chi connectivity index (χ2n) is 5.31. The number of fused-ring (bicyclic) bond motifs is 1. The average Bonchev–Trinajstić information content (AvgIpc) is 2.92. The summed E-state index contributed by atoms with van der Waals surface area (Å²) in [5, 5.41) is 5.60. The minimum atomic E-state index is -0.827. The predicted octanol–water partition coefficient (Wildman–Crippen LogP) is 2.01. The van der Waals surface area contributed by atoms with Crippen LogP contribution in [-0.2, 0) is 0 Å². The first-order valence-corrected chi connectivity index (χ1v) is 7.34. The minimum absolute atomic E-state index is 0.113. The van der Waals surface area contributed by atoms with E-state index in [-0.39, 0.29) is 17.3 Å². The third kappa shape index (κ3) is 3.27. The first-order valence-electron chi connectivity index (χ1n) is 7.34. The molecule has 0 unspecified atom stereocenters. The summed E-state index contributed by atoms with van der Waals surface area (Å²) in [6.45, 7) is 0. The Labute approximate surface area is 142 Å². The Kier molecular flexibility index (Phi) is 4.09. The van der Waals surface area contributed by atoms with Gasteiger partial charge in [-0.3, -0.25) is 14.9 Å². The normalized spacial score (nSPS) is 10.4. The highest BCUT2D eigenvalue weighted by Gasteiger charge is 2.18. The summed E-state index contributed by atoms with van der Waals surface area (Å²) in [4.78, 5) is 37.8. The summed E-state index contributed by atoms with van der Waals surface area (Å²) in [6, 6.07) is 12.8. The van der Waals surface area contributed by atoms with Gasteiger partial charge in [-0.1, -0.05) is 18.2 Å². The van der Waals surface area contributed by atoms with Crippen molar-refractivity contribution < 1.29 is 14.4 Å². The molecule has 126 valence electrons. The lowest BCUT2D eigenvalue weighted by Crippen LogP contribution is -2.22. The zero-order valence-electron chi connectivity index (χ0n) is 13.0. The van der Waals surface area contributed by atoms with E-state index in [0.717, 1.165) is 0 Å². The van der Waals surface area contributed by atoms with Gasteiger partial charge in [-0.15, -0.1) is 0 Å². The van der Waals surface area contributed by atoms with Crippen molar-refractivity contribution >= 4 is 40.3 Å². The highest BCUT2D eigenvalue weighted by atomic mass is 16.2. The Morgan fingerprint density at radius 1 is 0.920 bits per heavy atom. The number of carbonyl (C=O) groups is 3. The first kappa shape index (κ1) is 16.1. The molecule has 0 aliphatic carbocycles. The molecule has 0 radical (unpaired) electrons. The Morgan fingerprint density at radius 2 is 1.64 bits per heavy atom. The molecular weight excluding hydrogens is 322 g/mol. The minimum Gasteiger partial charge on any atom is -0.365 e. The molecule has 4 amide bonds. The van der Waals surface area contributed by atoms with Crippen LogP contribution in [0.25, 0.3) is 10.9 Å². The van der Waals surface area contributed by atoms with Gasteiger partial charge in [0.05, 0.1) is 5.56 Å².